The number of amides is 1. The molecule has 4 rings (SSSR count). The Morgan fingerprint density at radius 1 is 0.963 bits per heavy atom. The monoisotopic (exact) mass is 371 g/mol. The summed E-state index contributed by atoms with van der Waals surface area (Å²) in [6.07, 6.45) is 13.3. The van der Waals surface area contributed by atoms with Gasteiger partial charge in [-0.05, 0) is 69.1 Å². The molecule has 27 heavy (non-hydrogen) atoms. The second-order valence-corrected chi connectivity index (χ2v) is 8.54. The van der Waals surface area contributed by atoms with Gasteiger partial charge in [-0.1, -0.05) is 25.3 Å². The number of benzene rings is 1. The van der Waals surface area contributed by atoms with Crippen molar-refractivity contribution >= 4 is 5.91 Å². The predicted octanol–water partition coefficient (Wildman–Crippen LogP) is 5.09. The highest BCUT2D eigenvalue weighted by molar-refractivity contribution is 5.80. The van der Waals surface area contributed by atoms with Crippen LogP contribution in [0.2, 0.25) is 0 Å². The highest BCUT2D eigenvalue weighted by atomic mass is 16.5. The molecule has 0 saturated heterocycles. The summed E-state index contributed by atoms with van der Waals surface area (Å²) in [6, 6.07) is 6.64. The fourth-order valence-electron chi connectivity index (χ4n) is 4.31. The lowest BCUT2D eigenvalue weighted by molar-refractivity contribution is -0.139. The van der Waals surface area contributed by atoms with Crippen molar-refractivity contribution in [1.29, 1.82) is 0 Å². The number of carbonyl (C=O) groups is 1. The Balaban J connectivity index is 1.47. The van der Waals surface area contributed by atoms with Crippen molar-refractivity contribution in [2.24, 2.45) is 5.92 Å². The minimum atomic E-state index is 0.269. The van der Waals surface area contributed by atoms with Gasteiger partial charge in [-0.15, -0.1) is 0 Å². The maximum absolute atomic E-state index is 12.8. The second kappa shape index (κ2) is 8.53. The van der Waals surface area contributed by atoms with Gasteiger partial charge < -0.3 is 14.4 Å². The summed E-state index contributed by atoms with van der Waals surface area (Å²) in [6.45, 7) is 0.699. The van der Waals surface area contributed by atoms with E-state index in [4.69, 9.17) is 9.47 Å². The van der Waals surface area contributed by atoms with Crippen LogP contribution in [0.3, 0.4) is 0 Å². The number of hydrogen-bond donors (Lipinski definition) is 0. The smallest absolute Gasteiger partial charge is 0.226 e. The van der Waals surface area contributed by atoms with Gasteiger partial charge in [0.15, 0.2) is 11.5 Å². The molecule has 0 aliphatic heterocycles. The van der Waals surface area contributed by atoms with Crippen molar-refractivity contribution in [2.45, 2.75) is 89.3 Å². The molecule has 4 nitrogen and oxygen atoms in total. The largest absolute Gasteiger partial charge is 0.493 e. The maximum Gasteiger partial charge on any atom is 0.226 e. The zero-order valence-corrected chi connectivity index (χ0v) is 16.6. The Bertz CT molecular complexity index is 643. The normalized spacial score (nSPS) is 21.2. The number of carbonyl (C=O) groups excluding carboxylic acids is 1. The predicted molar refractivity (Wildman–Crippen MR) is 106 cm³/mol. The Hall–Kier alpha value is -1.71. The molecule has 1 aromatic rings. The van der Waals surface area contributed by atoms with Crippen molar-refractivity contribution in [1.82, 2.24) is 4.90 Å². The third kappa shape index (κ3) is 4.59. The molecule has 0 N–H and O–H groups in total. The SMILES string of the molecule is COc1ccc(CN(C(=O)C2CCC2)C2CC2)cc1OC1CCCCCC1. The highest BCUT2D eigenvalue weighted by Gasteiger charge is 2.37. The van der Waals surface area contributed by atoms with E-state index < -0.39 is 0 Å². The Labute approximate surface area is 163 Å². The quantitative estimate of drug-likeness (QED) is 0.627. The van der Waals surface area contributed by atoms with Gasteiger partial charge in [-0.3, -0.25) is 4.79 Å². The molecule has 3 fully saturated rings. The molecule has 1 amide bonds. The van der Waals surface area contributed by atoms with E-state index in [0.29, 0.717) is 18.5 Å². The third-order valence-corrected chi connectivity index (χ3v) is 6.40. The first-order chi connectivity index (χ1) is 13.2. The van der Waals surface area contributed by atoms with E-state index in [1.807, 2.05) is 6.07 Å². The van der Waals surface area contributed by atoms with E-state index in [2.05, 4.69) is 17.0 Å². The van der Waals surface area contributed by atoms with Crippen molar-refractivity contribution in [2.75, 3.05) is 7.11 Å². The summed E-state index contributed by atoms with van der Waals surface area (Å²) < 4.78 is 11.9. The minimum Gasteiger partial charge on any atom is -0.493 e. The van der Waals surface area contributed by atoms with Crippen LogP contribution in [0.4, 0.5) is 0 Å². The first-order valence-electron chi connectivity index (χ1n) is 10.9. The van der Waals surface area contributed by atoms with E-state index in [1.54, 1.807) is 7.11 Å². The van der Waals surface area contributed by atoms with Crippen LogP contribution in [0, 0.1) is 5.92 Å². The minimum absolute atomic E-state index is 0.269. The lowest BCUT2D eigenvalue weighted by Gasteiger charge is -2.32. The average molecular weight is 372 g/mol. The van der Waals surface area contributed by atoms with Crippen molar-refractivity contribution < 1.29 is 14.3 Å². The molecule has 3 saturated carbocycles. The maximum atomic E-state index is 12.8. The molecule has 3 aliphatic carbocycles. The molecule has 0 unspecified atom stereocenters. The molecule has 0 bridgehead atoms. The Kier molecular flexibility index (Phi) is 5.89. The average Bonchev–Trinajstić information content (AvgIpc) is 3.46. The summed E-state index contributed by atoms with van der Waals surface area (Å²) in [5.41, 5.74) is 1.15. The summed E-state index contributed by atoms with van der Waals surface area (Å²) in [5, 5.41) is 0. The molecule has 0 atom stereocenters. The van der Waals surface area contributed by atoms with Crippen LogP contribution in [0.15, 0.2) is 18.2 Å². The molecule has 1 aromatic carbocycles. The first kappa shape index (κ1) is 18.6. The Morgan fingerprint density at radius 3 is 2.30 bits per heavy atom. The summed E-state index contributed by atoms with van der Waals surface area (Å²) in [7, 11) is 1.70. The van der Waals surface area contributed by atoms with Crippen LogP contribution in [-0.4, -0.2) is 30.1 Å². The molecule has 0 aromatic heterocycles. The molecule has 148 valence electrons. The number of ether oxygens (including phenoxy) is 2. The van der Waals surface area contributed by atoms with Crippen molar-refractivity contribution in [3.63, 3.8) is 0 Å². The zero-order chi connectivity index (χ0) is 18.6. The lowest BCUT2D eigenvalue weighted by Crippen LogP contribution is -2.39. The number of hydrogen-bond acceptors (Lipinski definition) is 3. The highest BCUT2D eigenvalue weighted by Crippen LogP contribution is 2.37. The van der Waals surface area contributed by atoms with Crippen LogP contribution in [-0.2, 0) is 11.3 Å². The molecule has 3 aliphatic rings. The second-order valence-electron chi connectivity index (χ2n) is 8.54. The van der Waals surface area contributed by atoms with E-state index in [1.165, 1.54) is 32.1 Å². The summed E-state index contributed by atoms with van der Waals surface area (Å²) >= 11 is 0. The van der Waals surface area contributed by atoms with Crippen LogP contribution in [0.25, 0.3) is 0 Å². The lowest BCUT2D eigenvalue weighted by atomic mass is 9.84. The van der Waals surface area contributed by atoms with Gasteiger partial charge in [0.2, 0.25) is 5.91 Å². The van der Waals surface area contributed by atoms with E-state index in [0.717, 1.165) is 55.6 Å². The fourth-order valence-corrected chi connectivity index (χ4v) is 4.31. The van der Waals surface area contributed by atoms with Gasteiger partial charge in [-0.25, -0.2) is 0 Å². The van der Waals surface area contributed by atoms with Gasteiger partial charge in [0.25, 0.3) is 0 Å². The molecule has 0 heterocycles. The van der Waals surface area contributed by atoms with E-state index in [-0.39, 0.29) is 12.0 Å². The van der Waals surface area contributed by atoms with Gasteiger partial charge in [0.05, 0.1) is 13.2 Å². The van der Waals surface area contributed by atoms with Gasteiger partial charge in [0.1, 0.15) is 0 Å². The molecule has 0 radical (unpaired) electrons. The third-order valence-electron chi connectivity index (χ3n) is 6.40. The topological polar surface area (TPSA) is 38.8 Å². The fraction of sp³-hybridized carbons (Fsp3) is 0.696. The molecule has 4 heteroatoms. The number of nitrogens with zero attached hydrogens (tertiary/aromatic N) is 1. The Morgan fingerprint density at radius 2 is 1.70 bits per heavy atom. The molecular weight excluding hydrogens is 338 g/mol. The number of rotatable bonds is 7. The van der Waals surface area contributed by atoms with Gasteiger partial charge in [-0.2, -0.15) is 0 Å². The van der Waals surface area contributed by atoms with Gasteiger partial charge >= 0.3 is 0 Å². The van der Waals surface area contributed by atoms with Crippen molar-refractivity contribution in [3.8, 4) is 11.5 Å². The van der Waals surface area contributed by atoms with Crippen LogP contribution >= 0.6 is 0 Å². The van der Waals surface area contributed by atoms with Crippen LogP contribution in [0.1, 0.15) is 76.2 Å². The van der Waals surface area contributed by atoms with Gasteiger partial charge in [0, 0.05) is 18.5 Å². The summed E-state index contributed by atoms with van der Waals surface area (Å²) in [5.74, 6) is 2.27. The van der Waals surface area contributed by atoms with Crippen molar-refractivity contribution in [3.05, 3.63) is 23.8 Å². The first-order valence-corrected chi connectivity index (χ1v) is 10.9. The van der Waals surface area contributed by atoms with E-state index >= 15 is 0 Å². The summed E-state index contributed by atoms with van der Waals surface area (Å²) in [4.78, 5) is 15.0. The molecular formula is C23H33NO3. The molecule has 0 spiro atoms. The van der Waals surface area contributed by atoms with Crippen LogP contribution < -0.4 is 9.47 Å². The number of methoxy groups -OCH3 is 1. The zero-order valence-electron chi connectivity index (χ0n) is 16.6. The van der Waals surface area contributed by atoms with Crippen LogP contribution in [0.5, 0.6) is 11.5 Å². The standard InChI is InChI=1S/C23H33NO3/c1-26-21-14-11-17(15-22(21)27-20-9-4-2-3-5-10-20)16-24(19-12-13-19)23(25)18-7-6-8-18/h11,14-15,18-20H,2-10,12-13,16H2,1H3. The van der Waals surface area contributed by atoms with E-state index in [9.17, 15) is 4.79 Å².